The molecule has 0 fully saturated rings. The van der Waals surface area contributed by atoms with Crippen LogP contribution in [0.2, 0.25) is 0 Å². The first-order valence-corrected chi connectivity index (χ1v) is 10.0. The van der Waals surface area contributed by atoms with Crippen molar-refractivity contribution in [2.75, 3.05) is 0 Å². The summed E-state index contributed by atoms with van der Waals surface area (Å²) in [6.07, 6.45) is 2.25. The zero-order chi connectivity index (χ0) is 21.3. The molecule has 2 aromatic rings. The van der Waals surface area contributed by atoms with Crippen LogP contribution in [0.3, 0.4) is 0 Å². The van der Waals surface area contributed by atoms with E-state index < -0.39 is 24.0 Å². The number of carboxylic acids is 1. The summed E-state index contributed by atoms with van der Waals surface area (Å²) in [4.78, 5) is 36.2. The lowest BCUT2D eigenvalue weighted by atomic mass is 9.99. The number of nitrogens with one attached hydrogen (secondary N) is 1. The number of hydrogen-bond donors (Lipinski definition) is 2. The van der Waals surface area contributed by atoms with Crippen molar-refractivity contribution in [3.05, 3.63) is 39.2 Å². The predicted octanol–water partition coefficient (Wildman–Crippen LogP) is 2.97. The Bertz CT molecular complexity index is 1010. The van der Waals surface area contributed by atoms with Crippen LogP contribution in [0.1, 0.15) is 50.3 Å². The highest BCUT2D eigenvalue weighted by atomic mass is 16.5. The van der Waals surface area contributed by atoms with Gasteiger partial charge in [-0.2, -0.15) is 0 Å². The fourth-order valence-electron chi connectivity index (χ4n) is 3.79. The third-order valence-corrected chi connectivity index (χ3v) is 5.79. The van der Waals surface area contributed by atoms with E-state index in [1.165, 1.54) is 0 Å². The van der Waals surface area contributed by atoms with Gasteiger partial charge in [-0.3, -0.25) is 4.79 Å². The standard InChI is InChI=1S/C22H27NO6/c1-5-11(2)18(21(25)26)23-20(24)13(4)28-17-10-9-15-14-7-6-8-16(14)22(27)29-19(15)12(17)3/h9-11,13,18H,5-8H2,1-4H3,(H,23,24)(H,25,26). The minimum Gasteiger partial charge on any atom is -0.480 e. The summed E-state index contributed by atoms with van der Waals surface area (Å²) in [6, 6.07) is 2.65. The average Bonchev–Trinajstić information content (AvgIpc) is 3.18. The van der Waals surface area contributed by atoms with E-state index in [-0.39, 0.29) is 11.5 Å². The van der Waals surface area contributed by atoms with Gasteiger partial charge in [0, 0.05) is 16.5 Å². The first-order chi connectivity index (χ1) is 13.7. The first kappa shape index (κ1) is 20.9. The molecule has 0 saturated heterocycles. The largest absolute Gasteiger partial charge is 0.480 e. The average molecular weight is 401 g/mol. The van der Waals surface area contributed by atoms with Crippen LogP contribution in [0, 0.1) is 12.8 Å². The van der Waals surface area contributed by atoms with Gasteiger partial charge in [-0.05, 0) is 56.7 Å². The van der Waals surface area contributed by atoms with Gasteiger partial charge in [0.2, 0.25) is 0 Å². The Balaban J connectivity index is 1.83. The van der Waals surface area contributed by atoms with Crippen molar-refractivity contribution in [3.63, 3.8) is 0 Å². The maximum atomic E-state index is 12.5. The van der Waals surface area contributed by atoms with Gasteiger partial charge in [0.05, 0.1) is 0 Å². The van der Waals surface area contributed by atoms with Crippen LogP contribution in [0.4, 0.5) is 0 Å². The summed E-state index contributed by atoms with van der Waals surface area (Å²) in [6.45, 7) is 6.99. The summed E-state index contributed by atoms with van der Waals surface area (Å²) < 4.78 is 11.3. The van der Waals surface area contributed by atoms with Crippen molar-refractivity contribution in [3.8, 4) is 5.75 Å². The number of amides is 1. The number of benzene rings is 1. The quantitative estimate of drug-likeness (QED) is 0.691. The molecule has 1 amide bonds. The molecule has 29 heavy (non-hydrogen) atoms. The molecule has 2 N–H and O–H groups in total. The van der Waals surface area contributed by atoms with Gasteiger partial charge in [-0.25, -0.2) is 9.59 Å². The van der Waals surface area contributed by atoms with Crippen molar-refractivity contribution in [1.29, 1.82) is 0 Å². The summed E-state index contributed by atoms with van der Waals surface area (Å²) in [5.41, 5.74) is 2.60. The topological polar surface area (TPSA) is 106 Å². The molecule has 0 saturated carbocycles. The molecule has 1 aromatic heterocycles. The molecule has 0 bridgehead atoms. The molecule has 0 aliphatic heterocycles. The molecule has 0 spiro atoms. The van der Waals surface area contributed by atoms with Crippen LogP contribution in [0.5, 0.6) is 5.75 Å². The molecular weight excluding hydrogens is 374 g/mol. The number of carboxylic acid groups (broad SMARTS) is 1. The van der Waals surface area contributed by atoms with E-state index in [9.17, 15) is 19.5 Å². The number of ether oxygens (including phenoxy) is 1. The number of carbonyl (C=O) groups excluding carboxylic acids is 1. The van der Waals surface area contributed by atoms with Gasteiger partial charge >= 0.3 is 11.6 Å². The molecule has 1 heterocycles. The van der Waals surface area contributed by atoms with E-state index in [0.29, 0.717) is 23.3 Å². The Morgan fingerprint density at radius 2 is 1.93 bits per heavy atom. The maximum Gasteiger partial charge on any atom is 0.339 e. The Kier molecular flexibility index (Phi) is 5.96. The smallest absolute Gasteiger partial charge is 0.339 e. The van der Waals surface area contributed by atoms with Crippen LogP contribution in [0.15, 0.2) is 21.3 Å². The molecule has 156 valence electrons. The zero-order valence-corrected chi connectivity index (χ0v) is 17.2. The van der Waals surface area contributed by atoms with E-state index in [4.69, 9.17) is 9.15 Å². The second kappa shape index (κ2) is 8.27. The number of fused-ring (bicyclic) bond motifs is 3. The van der Waals surface area contributed by atoms with Gasteiger partial charge in [0.25, 0.3) is 5.91 Å². The van der Waals surface area contributed by atoms with Crippen LogP contribution < -0.4 is 15.7 Å². The van der Waals surface area contributed by atoms with E-state index in [0.717, 1.165) is 35.8 Å². The summed E-state index contributed by atoms with van der Waals surface area (Å²) >= 11 is 0. The third kappa shape index (κ3) is 3.99. The number of aryl methyl sites for hydroxylation is 2. The normalized spacial score (nSPS) is 16.1. The second-order valence-corrected chi connectivity index (χ2v) is 7.74. The molecule has 7 nitrogen and oxygen atoms in total. The lowest BCUT2D eigenvalue weighted by Gasteiger charge is -2.23. The lowest BCUT2D eigenvalue weighted by Crippen LogP contribution is -2.49. The van der Waals surface area contributed by atoms with Crippen LogP contribution >= 0.6 is 0 Å². The minimum atomic E-state index is -1.07. The van der Waals surface area contributed by atoms with Crippen LogP contribution in [-0.2, 0) is 22.4 Å². The van der Waals surface area contributed by atoms with Crippen molar-refractivity contribution >= 4 is 22.8 Å². The van der Waals surface area contributed by atoms with Gasteiger partial charge < -0.3 is 19.6 Å². The number of rotatable bonds is 7. The first-order valence-electron chi connectivity index (χ1n) is 10.0. The SMILES string of the molecule is CCC(C)C(NC(=O)C(C)Oc1ccc2c3c(c(=O)oc2c1C)CCC3)C(=O)O. The number of aliphatic carboxylic acids is 1. The minimum absolute atomic E-state index is 0.206. The highest BCUT2D eigenvalue weighted by Crippen LogP contribution is 2.33. The van der Waals surface area contributed by atoms with Gasteiger partial charge in [-0.1, -0.05) is 20.3 Å². The van der Waals surface area contributed by atoms with Crippen LogP contribution in [-0.4, -0.2) is 29.1 Å². The molecule has 0 radical (unpaired) electrons. The molecule has 1 aliphatic carbocycles. The monoisotopic (exact) mass is 401 g/mol. The van der Waals surface area contributed by atoms with Crippen molar-refractivity contribution in [1.82, 2.24) is 5.32 Å². The zero-order valence-electron chi connectivity index (χ0n) is 17.2. The fraction of sp³-hybridized carbons (Fsp3) is 0.500. The van der Waals surface area contributed by atoms with Crippen LogP contribution in [0.25, 0.3) is 11.0 Å². The van der Waals surface area contributed by atoms with E-state index in [2.05, 4.69) is 5.32 Å². The highest BCUT2D eigenvalue weighted by Gasteiger charge is 2.28. The molecule has 1 aromatic carbocycles. The fourth-order valence-corrected chi connectivity index (χ4v) is 3.79. The Hall–Kier alpha value is -2.83. The maximum absolute atomic E-state index is 12.5. The van der Waals surface area contributed by atoms with Gasteiger partial charge in [0.1, 0.15) is 17.4 Å². The Labute approximate surface area is 169 Å². The molecule has 7 heteroatoms. The molecule has 1 aliphatic rings. The van der Waals surface area contributed by atoms with Crippen molar-refractivity contribution in [2.24, 2.45) is 5.92 Å². The Morgan fingerprint density at radius 3 is 2.59 bits per heavy atom. The Morgan fingerprint density at radius 1 is 1.24 bits per heavy atom. The third-order valence-electron chi connectivity index (χ3n) is 5.79. The van der Waals surface area contributed by atoms with Gasteiger partial charge in [0.15, 0.2) is 6.10 Å². The summed E-state index contributed by atoms with van der Waals surface area (Å²) in [7, 11) is 0. The number of carbonyl (C=O) groups is 2. The van der Waals surface area contributed by atoms with Crippen molar-refractivity contribution < 1.29 is 23.8 Å². The highest BCUT2D eigenvalue weighted by molar-refractivity contribution is 5.88. The predicted molar refractivity (Wildman–Crippen MR) is 108 cm³/mol. The summed E-state index contributed by atoms with van der Waals surface area (Å²) in [5, 5.41) is 12.8. The van der Waals surface area contributed by atoms with E-state index in [1.807, 2.05) is 13.0 Å². The van der Waals surface area contributed by atoms with Crippen molar-refractivity contribution in [2.45, 2.75) is 65.5 Å². The summed E-state index contributed by atoms with van der Waals surface area (Å²) in [5.74, 6) is -1.36. The molecule has 3 unspecified atom stereocenters. The van der Waals surface area contributed by atoms with E-state index >= 15 is 0 Å². The number of hydrogen-bond acceptors (Lipinski definition) is 5. The van der Waals surface area contributed by atoms with Gasteiger partial charge in [-0.15, -0.1) is 0 Å². The second-order valence-electron chi connectivity index (χ2n) is 7.74. The molecule has 3 rings (SSSR count). The molecular formula is C22H27NO6. The van der Waals surface area contributed by atoms with E-state index in [1.54, 1.807) is 26.8 Å². The molecule has 3 atom stereocenters. The lowest BCUT2D eigenvalue weighted by molar-refractivity contribution is -0.144.